The first kappa shape index (κ1) is 53.1. The predicted octanol–water partition coefficient (Wildman–Crippen LogP) is 9.07. The molecular weight excluding hydrogens is 1010 g/mol. The van der Waals surface area contributed by atoms with Crippen LogP contribution in [0.2, 0.25) is 10.0 Å². The largest absolute Gasteiger partial charge is 0.619 e. The van der Waals surface area contributed by atoms with E-state index in [1.165, 1.54) is 30.3 Å². The molecule has 4 aliphatic heterocycles. The lowest BCUT2D eigenvalue weighted by molar-refractivity contribution is -0.605. The number of rotatable bonds is 19. The molecule has 5 heterocycles. The number of carboxylic acid groups (broad SMARTS) is 1. The zero-order valence-corrected chi connectivity index (χ0v) is 41.8. The number of aromatic nitrogens is 1. The average Bonchev–Trinajstić information content (AvgIpc) is 4.07. The molecular formula is C52H54Cl2F2N4O12S. The number of sulfonamides is 1. The van der Waals surface area contributed by atoms with Crippen molar-refractivity contribution in [3.8, 4) is 23.0 Å². The monoisotopic (exact) mass is 1070 g/mol. The van der Waals surface area contributed by atoms with Gasteiger partial charge in [0, 0.05) is 31.6 Å². The zero-order valence-electron chi connectivity index (χ0n) is 39.5. The molecule has 1 aliphatic carbocycles. The number of fused-ring (bicyclic) bond motifs is 3. The highest BCUT2D eigenvalue weighted by Crippen LogP contribution is 2.39. The number of esters is 1. The van der Waals surface area contributed by atoms with Crippen LogP contribution in [0.25, 0.3) is 0 Å². The van der Waals surface area contributed by atoms with Gasteiger partial charge in [-0.1, -0.05) is 71.7 Å². The Morgan fingerprint density at radius 3 is 2.21 bits per heavy atom. The van der Waals surface area contributed by atoms with E-state index in [1.807, 2.05) is 47.4 Å². The molecule has 5 aliphatic rings. The average molecular weight is 1070 g/mol. The summed E-state index contributed by atoms with van der Waals surface area (Å²) in [5, 5.41) is 18.9. The molecule has 0 radical (unpaired) electrons. The molecule has 388 valence electrons. The third-order valence-corrected chi connectivity index (χ3v) is 15.9. The molecule has 5 aromatic rings. The summed E-state index contributed by atoms with van der Waals surface area (Å²) in [4.78, 5) is 40.5. The first-order chi connectivity index (χ1) is 35.2. The molecule has 0 unspecified atom stereocenters. The molecule has 0 spiro atoms. The van der Waals surface area contributed by atoms with Gasteiger partial charge in [-0.05, 0) is 129 Å². The fraction of sp³-hybridized carbons (Fsp3) is 0.385. The predicted molar refractivity (Wildman–Crippen MR) is 263 cm³/mol. The number of nitrogens with zero attached hydrogens (tertiary/aromatic N) is 4. The minimum atomic E-state index is -4.23. The van der Waals surface area contributed by atoms with Crippen molar-refractivity contribution >= 4 is 51.8 Å². The van der Waals surface area contributed by atoms with Crippen molar-refractivity contribution in [1.82, 2.24) is 14.1 Å². The second kappa shape index (κ2) is 24.2. The van der Waals surface area contributed by atoms with Crippen LogP contribution in [-0.4, -0.2) is 97.6 Å². The van der Waals surface area contributed by atoms with E-state index in [9.17, 15) is 32.0 Å². The Morgan fingerprint density at radius 1 is 0.849 bits per heavy atom. The smallest absolute Gasteiger partial charge is 0.415 e. The Bertz CT molecular complexity index is 2800. The summed E-state index contributed by atoms with van der Waals surface area (Å²) in [5.74, 6) is 0.645. The number of para-hydroxylation sites is 1. The van der Waals surface area contributed by atoms with Gasteiger partial charge in [0.05, 0.1) is 17.5 Å². The van der Waals surface area contributed by atoms with Gasteiger partial charge < -0.3 is 38.9 Å². The van der Waals surface area contributed by atoms with Gasteiger partial charge in [-0.2, -0.15) is 17.8 Å². The molecule has 16 nitrogen and oxygen atoms in total. The summed E-state index contributed by atoms with van der Waals surface area (Å²) in [5.41, 5.74) is 2.13. The standard InChI is InChI=1S/C51H52Cl2F2N4O10S.CH2O2/c52-42-28-57(62)29-43(53)41(42)26-47(37-15-18-46(69-50(54)55)48(25-37)66-32-33-11-12-33)68-49(60)44-10-5-21-59(44)70(63,64)40-16-13-34(14-17-40)31-65-39-9-4-6-35(24-39)27-58(45-30-56-22-19-36(45)20-23-56)51(61)67-38-7-2-1-3-8-38;2-1-3/h1-4,6-9,13-18,24-25,28-29,33,36,44-45,47,50H,5,10-12,19-23,26-27,30-32H2;1H,(H,2,3)/t44-,45-,47-;/m0./s1. The van der Waals surface area contributed by atoms with E-state index < -0.39 is 40.8 Å². The van der Waals surface area contributed by atoms with Gasteiger partial charge in [0.1, 0.15) is 40.3 Å². The Kier molecular flexibility index (Phi) is 17.6. The Morgan fingerprint density at radius 2 is 1.55 bits per heavy atom. The molecule has 4 saturated heterocycles. The number of piperidine rings is 3. The number of benzene rings is 4. The molecule has 5 fully saturated rings. The van der Waals surface area contributed by atoms with Gasteiger partial charge in [0.15, 0.2) is 23.9 Å². The maximum absolute atomic E-state index is 14.2. The van der Waals surface area contributed by atoms with Crippen LogP contribution in [0, 0.1) is 17.0 Å². The van der Waals surface area contributed by atoms with Crippen LogP contribution in [0.1, 0.15) is 66.9 Å². The molecule has 1 saturated carbocycles. The van der Waals surface area contributed by atoms with E-state index >= 15 is 0 Å². The number of pyridine rings is 1. The molecule has 1 N–H and O–H groups in total. The number of carbonyl (C=O) groups excluding carboxylic acids is 2. The number of hydrogen-bond donors (Lipinski definition) is 1. The minimum Gasteiger partial charge on any atom is -0.619 e. The van der Waals surface area contributed by atoms with Gasteiger partial charge in [-0.25, -0.2) is 13.2 Å². The summed E-state index contributed by atoms with van der Waals surface area (Å²) in [6, 6.07) is 25.8. The Labute approximate surface area is 431 Å². The third kappa shape index (κ3) is 13.7. The van der Waals surface area contributed by atoms with E-state index in [4.69, 9.17) is 56.8 Å². The van der Waals surface area contributed by atoms with E-state index in [-0.39, 0.29) is 83.0 Å². The second-order valence-electron chi connectivity index (χ2n) is 18.2. The van der Waals surface area contributed by atoms with Crippen LogP contribution in [0.5, 0.6) is 23.0 Å². The summed E-state index contributed by atoms with van der Waals surface area (Å²) in [7, 11) is -4.23. The summed E-state index contributed by atoms with van der Waals surface area (Å²) < 4.78 is 85.5. The maximum Gasteiger partial charge on any atom is 0.415 e. The van der Waals surface area contributed by atoms with Crippen LogP contribution in [0.15, 0.2) is 114 Å². The molecule has 73 heavy (non-hydrogen) atoms. The zero-order chi connectivity index (χ0) is 51.6. The van der Waals surface area contributed by atoms with Gasteiger partial charge in [0.25, 0.3) is 6.47 Å². The topological polar surface area (TPSA) is 188 Å². The fourth-order valence-electron chi connectivity index (χ4n) is 9.39. The fourth-order valence-corrected chi connectivity index (χ4v) is 11.6. The quantitative estimate of drug-likeness (QED) is 0.0357. The highest BCUT2D eigenvalue weighted by molar-refractivity contribution is 7.89. The number of carbonyl (C=O) groups is 3. The van der Waals surface area contributed by atoms with Crippen molar-refractivity contribution in [3.05, 3.63) is 147 Å². The van der Waals surface area contributed by atoms with E-state index in [0.717, 1.165) is 67.6 Å². The molecule has 3 atom stereocenters. The number of amides is 1. The number of hydrogen-bond acceptors (Lipinski definition) is 12. The van der Waals surface area contributed by atoms with Gasteiger partial charge in [-0.15, -0.1) is 0 Å². The van der Waals surface area contributed by atoms with Crippen molar-refractivity contribution in [2.75, 3.05) is 32.8 Å². The molecule has 1 aromatic heterocycles. The van der Waals surface area contributed by atoms with E-state index in [0.29, 0.717) is 46.2 Å². The van der Waals surface area contributed by atoms with Crippen molar-refractivity contribution in [2.24, 2.45) is 11.8 Å². The van der Waals surface area contributed by atoms with Crippen molar-refractivity contribution in [3.63, 3.8) is 0 Å². The van der Waals surface area contributed by atoms with Gasteiger partial charge in [0.2, 0.25) is 10.0 Å². The summed E-state index contributed by atoms with van der Waals surface area (Å²) >= 11 is 12.9. The van der Waals surface area contributed by atoms with E-state index in [2.05, 4.69) is 4.90 Å². The van der Waals surface area contributed by atoms with Crippen molar-refractivity contribution in [1.29, 1.82) is 0 Å². The SMILES string of the molecule is O=C(O[C@@H](Cc1c(Cl)c[n+]([O-])cc1Cl)c1ccc(OC(F)F)c(OCC2CC2)c1)[C@@H]1CCCN1S(=O)(=O)c1ccc(COc2cccc(CN(C(=O)Oc3ccccc3)[C@H]3CN4CCC3CC4)c2)cc1.O=CO. The lowest BCUT2D eigenvalue weighted by Gasteiger charge is -2.48. The molecule has 10 rings (SSSR count). The maximum atomic E-state index is 14.2. The first-order valence-corrected chi connectivity index (χ1v) is 26.0. The van der Waals surface area contributed by atoms with Crippen molar-refractivity contribution < 1.29 is 65.1 Å². The molecule has 4 aromatic carbocycles. The molecule has 1 amide bonds. The Hall–Kier alpha value is -6.25. The van der Waals surface area contributed by atoms with Crippen LogP contribution in [0.4, 0.5) is 13.6 Å². The third-order valence-electron chi connectivity index (χ3n) is 13.3. The summed E-state index contributed by atoms with van der Waals surface area (Å²) in [6.45, 7) is 0.240. The van der Waals surface area contributed by atoms with Crippen LogP contribution >= 0.6 is 23.2 Å². The minimum absolute atomic E-state index is 0.00503. The number of halogens is 4. The molecule has 2 bridgehead atoms. The van der Waals surface area contributed by atoms with Crippen LogP contribution < -0.4 is 23.7 Å². The van der Waals surface area contributed by atoms with Crippen molar-refractivity contribution in [2.45, 2.75) is 87.8 Å². The molecule has 21 heteroatoms. The van der Waals surface area contributed by atoms with Gasteiger partial charge >= 0.3 is 18.7 Å². The highest BCUT2D eigenvalue weighted by atomic mass is 35.5. The lowest BCUT2D eigenvalue weighted by Crippen LogP contribution is -2.58. The Balaban J connectivity index is 0.00000231. The van der Waals surface area contributed by atoms with Crippen LogP contribution in [-0.2, 0) is 43.9 Å². The first-order valence-electron chi connectivity index (χ1n) is 23.8. The second-order valence-corrected chi connectivity index (χ2v) is 20.9. The number of alkyl halides is 2. The van der Waals surface area contributed by atoms with E-state index in [1.54, 1.807) is 24.3 Å². The highest BCUT2D eigenvalue weighted by Gasteiger charge is 2.42. The van der Waals surface area contributed by atoms with Crippen LogP contribution in [0.3, 0.4) is 0 Å². The summed E-state index contributed by atoms with van der Waals surface area (Å²) in [6.07, 6.45) is 4.91. The normalized spacial score (nSPS) is 19.8. The van der Waals surface area contributed by atoms with Gasteiger partial charge in [-0.3, -0.25) is 14.5 Å². The number of ether oxygens (including phenoxy) is 5. The lowest BCUT2D eigenvalue weighted by atomic mass is 9.83.